The predicted octanol–water partition coefficient (Wildman–Crippen LogP) is -1.07. The monoisotopic (exact) mass is 315 g/mol. The molecule has 0 unspecified atom stereocenters. The van der Waals surface area contributed by atoms with Gasteiger partial charge in [0, 0.05) is 14.1 Å². The highest BCUT2D eigenvalue weighted by Crippen LogP contribution is 2.15. The molecule has 0 radical (unpaired) electrons. The Morgan fingerprint density at radius 1 is 1.50 bits per heavy atom. The Balaban J connectivity index is 2.79. The zero-order valence-electron chi connectivity index (χ0n) is 9.65. The molecular weight excluding hydrogens is 306 g/mol. The molecule has 0 bridgehead atoms. The van der Waals surface area contributed by atoms with Gasteiger partial charge < -0.3 is 9.88 Å². The lowest BCUT2D eigenvalue weighted by atomic mass is 10.5. The van der Waals surface area contributed by atoms with Gasteiger partial charge in [0.05, 0.1) is 0 Å². The average Bonchev–Trinajstić information content (AvgIpc) is 2.64. The SMILES string of the molecule is CNC(=O)Cn1c(Br)nc2c1c(=O)[nH]c(=O)n2C. The molecular formula is C9H10BrN5O3. The summed E-state index contributed by atoms with van der Waals surface area (Å²) in [5.74, 6) is -0.275. The number of aromatic nitrogens is 4. The fourth-order valence-corrected chi connectivity index (χ4v) is 2.05. The van der Waals surface area contributed by atoms with Crippen LogP contribution in [-0.2, 0) is 18.4 Å². The number of likely N-dealkylation sites (N-methyl/N-ethyl adjacent to an activating group) is 1. The normalized spacial score (nSPS) is 10.8. The molecule has 2 heterocycles. The number of carbonyl (C=O) groups excluding carboxylic acids is 1. The fraction of sp³-hybridized carbons (Fsp3) is 0.333. The first-order valence-electron chi connectivity index (χ1n) is 5.01. The highest BCUT2D eigenvalue weighted by atomic mass is 79.9. The minimum Gasteiger partial charge on any atom is -0.358 e. The number of nitrogens with zero attached hydrogens (tertiary/aromatic N) is 3. The van der Waals surface area contributed by atoms with Crippen LogP contribution in [-0.4, -0.2) is 32.1 Å². The topological polar surface area (TPSA) is 102 Å². The molecule has 2 rings (SSSR count). The molecule has 0 aliphatic carbocycles. The zero-order chi connectivity index (χ0) is 13.4. The molecule has 0 atom stereocenters. The van der Waals surface area contributed by atoms with Gasteiger partial charge in [-0.15, -0.1) is 0 Å². The van der Waals surface area contributed by atoms with Crippen LogP contribution in [0.5, 0.6) is 0 Å². The van der Waals surface area contributed by atoms with Gasteiger partial charge in [0.2, 0.25) is 5.91 Å². The molecule has 2 N–H and O–H groups in total. The summed E-state index contributed by atoms with van der Waals surface area (Å²) in [6, 6.07) is 0. The minimum absolute atomic E-state index is 0.0606. The maximum atomic E-state index is 11.8. The molecule has 0 aromatic carbocycles. The van der Waals surface area contributed by atoms with Gasteiger partial charge >= 0.3 is 5.69 Å². The number of nitrogens with one attached hydrogen (secondary N) is 2. The van der Waals surface area contributed by atoms with Crippen molar-refractivity contribution in [2.75, 3.05) is 7.05 Å². The van der Waals surface area contributed by atoms with E-state index in [0.29, 0.717) is 4.73 Å². The predicted molar refractivity (Wildman–Crippen MR) is 67.4 cm³/mol. The molecule has 0 saturated heterocycles. The van der Waals surface area contributed by atoms with E-state index in [9.17, 15) is 14.4 Å². The van der Waals surface area contributed by atoms with E-state index in [0.717, 1.165) is 0 Å². The molecule has 8 nitrogen and oxygen atoms in total. The van der Waals surface area contributed by atoms with E-state index in [4.69, 9.17) is 0 Å². The van der Waals surface area contributed by atoms with Gasteiger partial charge in [0.15, 0.2) is 15.9 Å². The molecule has 96 valence electrons. The number of fused-ring (bicyclic) bond motifs is 1. The van der Waals surface area contributed by atoms with Crippen LogP contribution in [0.1, 0.15) is 0 Å². The Labute approximate surface area is 109 Å². The van der Waals surface area contributed by atoms with E-state index < -0.39 is 11.2 Å². The second kappa shape index (κ2) is 4.41. The van der Waals surface area contributed by atoms with Gasteiger partial charge in [-0.05, 0) is 15.9 Å². The first-order valence-corrected chi connectivity index (χ1v) is 5.80. The van der Waals surface area contributed by atoms with Crippen molar-refractivity contribution in [3.8, 4) is 0 Å². The van der Waals surface area contributed by atoms with E-state index in [2.05, 4.69) is 31.2 Å². The number of hydrogen-bond donors (Lipinski definition) is 2. The standard InChI is InChI=1S/C9H10BrN5O3/c1-11-4(16)3-15-5-6(12-8(15)10)14(2)9(18)13-7(5)17/h3H2,1-2H3,(H,11,16)(H,13,17,18). The smallest absolute Gasteiger partial charge is 0.329 e. The third-order valence-electron chi connectivity index (χ3n) is 2.54. The number of amides is 1. The minimum atomic E-state index is -0.574. The number of halogens is 1. The molecule has 2 aromatic heterocycles. The lowest BCUT2D eigenvalue weighted by Gasteiger charge is -2.04. The van der Waals surface area contributed by atoms with Crippen LogP contribution in [0.2, 0.25) is 0 Å². The van der Waals surface area contributed by atoms with E-state index in [1.54, 1.807) is 0 Å². The van der Waals surface area contributed by atoms with Crippen LogP contribution in [0.25, 0.3) is 11.2 Å². The van der Waals surface area contributed by atoms with Crippen LogP contribution in [0.4, 0.5) is 0 Å². The number of rotatable bonds is 2. The number of H-pyrrole nitrogens is 1. The van der Waals surface area contributed by atoms with Crippen molar-refractivity contribution in [1.29, 1.82) is 0 Å². The third-order valence-corrected chi connectivity index (χ3v) is 3.15. The first-order chi connectivity index (χ1) is 8.45. The molecule has 0 spiro atoms. The van der Waals surface area contributed by atoms with Gasteiger partial charge in [0.1, 0.15) is 6.54 Å². The summed E-state index contributed by atoms with van der Waals surface area (Å²) >= 11 is 3.16. The number of aryl methyl sites for hydroxylation is 1. The van der Waals surface area contributed by atoms with E-state index in [1.165, 1.54) is 23.2 Å². The van der Waals surface area contributed by atoms with E-state index in [-0.39, 0.29) is 23.6 Å². The summed E-state index contributed by atoms with van der Waals surface area (Å²) in [5, 5.41) is 2.45. The highest BCUT2D eigenvalue weighted by Gasteiger charge is 2.17. The summed E-state index contributed by atoms with van der Waals surface area (Å²) in [4.78, 5) is 40.8. The van der Waals surface area contributed by atoms with Crippen molar-refractivity contribution in [1.82, 2.24) is 24.4 Å². The molecule has 0 aliphatic rings. The summed E-state index contributed by atoms with van der Waals surface area (Å²) in [6.07, 6.45) is 0. The number of aromatic amines is 1. The second-order valence-corrected chi connectivity index (χ2v) is 4.34. The van der Waals surface area contributed by atoms with Crippen molar-refractivity contribution in [3.63, 3.8) is 0 Å². The van der Waals surface area contributed by atoms with Crippen molar-refractivity contribution in [2.24, 2.45) is 7.05 Å². The lowest BCUT2D eigenvalue weighted by Crippen LogP contribution is -2.30. The maximum Gasteiger partial charge on any atom is 0.329 e. The Bertz CT molecular complexity index is 741. The summed E-state index contributed by atoms with van der Waals surface area (Å²) in [7, 11) is 2.99. The van der Waals surface area contributed by atoms with E-state index >= 15 is 0 Å². The lowest BCUT2D eigenvalue weighted by molar-refractivity contribution is -0.121. The van der Waals surface area contributed by atoms with Gasteiger partial charge in [-0.2, -0.15) is 0 Å². The number of carbonyl (C=O) groups is 1. The first kappa shape index (κ1) is 12.6. The van der Waals surface area contributed by atoms with Crippen LogP contribution in [0.3, 0.4) is 0 Å². The zero-order valence-corrected chi connectivity index (χ0v) is 11.2. The summed E-state index contributed by atoms with van der Waals surface area (Å²) in [5.41, 5.74) is -0.730. The highest BCUT2D eigenvalue weighted by molar-refractivity contribution is 9.10. The van der Waals surface area contributed by atoms with Crippen molar-refractivity contribution in [2.45, 2.75) is 6.54 Å². The molecule has 0 aliphatic heterocycles. The fourth-order valence-electron chi connectivity index (χ4n) is 1.57. The molecule has 1 amide bonds. The van der Waals surface area contributed by atoms with Gasteiger partial charge in [0.25, 0.3) is 5.56 Å². The van der Waals surface area contributed by atoms with Gasteiger partial charge in [-0.25, -0.2) is 9.78 Å². The summed E-state index contributed by atoms with van der Waals surface area (Å²) in [6.45, 7) is -0.0606. The molecule has 18 heavy (non-hydrogen) atoms. The van der Waals surface area contributed by atoms with Crippen molar-refractivity contribution < 1.29 is 4.79 Å². The van der Waals surface area contributed by atoms with Crippen LogP contribution < -0.4 is 16.6 Å². The maximum absolute atomic E-state index is 11.8. The Hall–Kier alpha value is -1.90. The van der Waals surface area contributed by atoms with Crippen LogP contribution in [0.15, 0.2) is 14.3 Å². The van der Waals surface area contributed by atoms with E-state index in [1.807, 2.05) is 0 Å². The van der Waals surface area contributed by atoms with Crippen molar-refractivity contribution in [3.05, 3.63) is 25.6 Å². The van der Waals surface area contributed by atoms with Crippen LogP contribution in [0, 0.1) is 0 Å². The number of imidazole rings is 1. The second-order valence-electron chi connectivity index (χ2n) is 3.63. The Morgan fingerprint density at radius 3 is 2.78 bits per heavy atom. The third kappa shape index (κ3) is 1.86. The quantitative estimate of drug-likeness (QED) is 0.689. The Kier molecular flexibility index (Phi) is 3.07. The summed E-state index contributed by atoms with van der Waals surface area (Å²) < 4.78 is 2.92. The van der Waals surface area contributed by atoms with Crippen LogP contribution >= 0.6 is 15.9 Å². The molecule has 2 aromatic rings. The molecule has 9 heteroatoms. The molecule has 0 fully saturated rings. The molecule has 0 saturated carbocycles. The number of hydrogen-bond acceptors (Lipinski definition) is 4. The van der Waals surface area contributed by atoms with Gasteiger partial charge in [-0.1, -0.05) is 0 Å². The Morgan fingerprint density at radius 2 is 2.17 bits per heavy atom. The van der Waals surface area contributed by atoms with Gasteiger partial charge in [-0.3, -0.25) is 19.1 Å². The average molecular weight is 316 g/mol. The van der Waals surface area contributed by atoms with Crippen molar-refractivity contribution >= 4 is 33.0 Å². The largest absolute Gasteiger partial charge is 0.358 e.